The van der Waals surface area contributed by atoms with Crippen LogP contribution in [-0.4, -0.2) is 45.3 Å². The lowest BCUT2D eigenvalue weighted by molar-refractivity contribution is -0.135. The number of rotatable bonds is 4. The highest BCUT2D eigenvalue weighted by molar-refractivity contribution is 5.87. The van der Waals surface area contributed by atoms with E-state index in [0.717, 1.165) is 11.4 Å². The van der Waals surface area contributed by atoms with E-state index in [1.54, 1.807) is 4.90 Å². The first-order valence-corrected chi connectivity index (χ1v) is 7.22. The first-order valence-electron chi connectivity index (χ1n) is 7.22. The first kappa shape index (κ1) is 14.5. The van der Waals surface area contributed by atoms with Crippen LogP contribution in [-0.2, 0) is 16.1 Å². The minimum absolute atomic E-state index is 0.109. The number of morpholine rings is 1. The van der Waals surface area contributed by atoms with Crippen LogP contribution in [0, 0.1) is 0 Å². The number of carbonyl (C=O) groups excluding carboxylic acids is 1. The number of aromatic nitrogens is 3. The molecular weight excluding hydrogens is 280 g/mol. The number of carbonyl (C=O) groups is 1. The molecule has 0 spiro atoms. The van der Waals surface area contributed by atoms with E-state index in [4.69, 9.17) is 4.74 Å². The lowest BCUT2D eigenvalue weighted by Gasteiger charge is -2.34. The summed E-state index contributed by atoms with van der Waals surface area (Å²) in [7, 11) is 0. The number of amides is 1. The summed E-state index contributed by atoms with van der Waals surface area (Å²) in [4.78, 5) is 18.1. The summed E-state index contributed by atoms with van der Waals surface area (Å²) in [6.45, 7) is 5.67. The van der Waals surface area contributed by atoms with Gasteiger partial charge < -0.3 is 9.64 Å². The van der Waals surface area contributed by atoms with Crippen LogP contribution in [0.15, 0.2) is 49.3 Å². The number of benzene rings is 1. The summed E-state index contributed by atoms with van der Waals surface area (Å²) in [5.41, 5.74) is 1.13. The van der Waals surface area contributed by atoms with Gasteiger partial charge in [-0.3, -0.25) is 4.79 Å². The van der Waals surface area contributed by atoms with E-state index in [1.165, 1.54) is 12.4 Å². The molecule has 6 heteroatoms. The molecule has 3 rings (SSSR count). The Hall–Kier alpha value is -2.47. The van der Waals surface area contributed by atoms with Crippen LogP contribution in [0.5, 0.6) is 0 Å². The minimum Gasteiger partial charge on any atom is -0.377 e. The second-order valence-corrected chi connectivity index (χ2v) is 5.09. The molecule has 0 unspecified atom stereocenters. The predicted octanol–water partition coefficient (Wildman–Crippen LogP) is 1.41. The second kappa shape index (κ2) is 6.53. The molecule has 2 heterocycles. The quantitative estimate of drug-likeness (QED) is 0.801. The topological polar surface area (TPSA) is 60.3 Å². The third-order valence-corrected chi connectivity index (χ3v) is 3.70. The molecular formula is C16H18N4O2. The van der Waals surface area contributed by atoms with Crippen molar-refractivity contribution in [1.29, 1.82) is 0 Å². The van der Waals surface area contributed by atoms with Crippen LogP contribution in [0.1, 0.15) is 17.4 Å². The van der Waals surface area contributed by atoms with Crippen molar-refractivity contribution in [3.05, 3.63) is 60.7 Å². The molecule has 1 aliphatic rings. The molecule has 2 aromatic rings. The molecule has 1 aromatic heterocycles. The standard InChI is InChI=1S/C16H18N4O2/c1-2-15(21)19-8-9-22-11-14(19)16-17-12-18-20(16)10-13-6-4-3-5-7-13/h2-7,12,14H,1,8-11H2/t14-/m0/s1. The van der Waals surface area contributed by atoms with Gasteiger partial charge in [0.1, 0.15) is 12.4 Å². The van der Waals surface area contributed by atoms with Crippen LogP contribution in [0.4, 0.5) is 0 Å². The maximum absolute atomic E-state index is 12.0. The average Bonchev–Trinajstić information content (AvgIpc) is 3.03. The van der Waals surface area contributed by atoms with Gasteiger partial charge >= 0.3 is 0 Å². The van der Waals surface area contributed by atoms with Crippen molar-refractivity contribution in [3.63, 3.8) is 0 Å². The Labute approximate surface area is 129 Å². The third-order valence-electron chi connectivity index (χ3n) is 3.70. The zero-order valence-electron chi connectivity index (χ0n) is 12.3. The Morgan fingerprint density at radius 3 is 3.00 bits per heavy atom. The van der Waals surface area contributed by atoms with Crippen molar-refractivity contribution in [1.82, 2.24) is 19.7 Å². The Bertz CT molecular complexity index is 653. The number of hydrogen-bond acceptors (Lipinski definition) is 4. The molecule has 1 saturated heterocycles. The van der Waals surface area contributed by atoms with Crippen LogP contribution in [0.25, 0.3) is 0 Å². The maximum atomic E-state index is 12.0. The van der Waals surface area contributed by atoms with Crippen molar-refractivity contribution < 1.29 is 9.53 Å². The van der Waals surface area contributed by atoms with Crippen molar-refractivity contribution in [2.75, 3.05) is 19.8 Å². The molecule has 6 nitrogen and oxygen atoms in total. The van der Waals surface area contributed by atoms with Gasteiger partial charge in [0.15, 0.2) is 5.82 Å². The van der Waals surface area contributed by atoms with Gasteiger partial charge in [0.25, 0.3) is 0 Å². The van der Waals surface area contributed by atoms with E-state index in [2.05, 4.69) is 16.7 Å². The SMILES string of the molecule is C=CC(=O)N1CCOC[C@H]1c1ncnn1Cc1ccccc1. The third kappa shape index (κ3) is 2.92. The Kier molecular flexibility index (Phi) is 4.29. The Morgan fingerprint density at radius 1 is 1.41 bits per heavy atom. The summed E-state index contributed by atoms with van der Waals surface area (Å²) in [5, 5.41) is 4.29. The van der Waals surface area contributed by atoms with Crippen molar-refractivity contribution in [3.8, 4) is 0 Å². The Morgan fingerprint density at radius 2 is 2.23 bits per heavy atom. The molecule has 114 valence electrons. The normalized spacial score (nSPS) is 18.2. The number of nitrogens with zero attached hydrogens (tertiary/aromatic N) is 4. The highest BCUT2D eigenvalue weighted by Crippen LogP contribution is 2.23. The summed E-state index contributed by atoms with van der Waals surface area (Å²) in [6.07, 6.45) is 2.85. The van der Waals surface area contributed by atoms with Crippen molar-refractivity contribution in [2.24, 2.45) is 0 Å². The molecule has 1 amide bonds. The maximum Gasteiger partial charge on any atom is 0.246 e. The molecule has 0 bridgehead atoms. The summed E-state index contributed by atoms with van der Waals surface area (Å²) in [6, 6.07) is 9.80. The average molecular weight is 298 g/mol. The first-order chi connectivity index (χ1) is 10.8. The summed E-state index contributed by atoms with van der Waals surface area (Å²) in [5.74, 6) is 0.626. The highest BCUT2D eigenvalue weighted by atomic mass is 16.5. The number of hydrogen-bond donors (Lipinski definition) is 0. The van der Waals surface area contributed by atoms with Crippen molar-refractivity contribution >= 4 is 5.91 Å². The van der Waals surface area contributed by atoms with Gasteiger partial charge in [0.2, 0.25) is 5.91 Å². The smallest absolute Gasteiger partial charge is 0.246 e. The fraction of sp³-hybridized carbons (Fsp3) is 0.312. The van der Waals surface area contributed by atoms with Gasteiger partial charge in [-0.1, -0.05) is 36.9 Å². The van der Waals surface area contributed by atoms with Gasteiger partial charge in [0, 0.05) is 6.54 Å². The van der Waals surface area contributed by atoms with Gasteiger partial charge in [-0.15, -0.1) is 0 Å². The van der Waals surface area contributed by atoms with E-state index in [-0.39, 0.29) is 11.9 Å². The van der Waals surface area contributed by atoms with Crippen LogP contribution >= 0.6 is 0 Å². The van der Waals surface area contributed by atoms with Crippen molar-refractivity contribution in [2.45, 2.75) is 12.6 Å². The van der Waals surface area contributed by atoms with E-state index >= 15 is 0 Å². The van der Waals surface area contributed by atoms with E-state index in [1.807, 2.05) is 35.0 Å². The monoisotopic (exact) mass is 298 g/mol. The fourth-order valence-electron chi connectivity index (χ4n) is 2.61. The fourth-order valence-corrected chi connectivity index (χ4v) is 2.61. The van der Waals surface area contributed by atoms with Crippen LogP contribution in [0.2, 0.25) is 0 Å². The predicted molar refractivity (Wildman–Crippen MR) is 81.0 cm³/mol. The molecule has 0 N–H and O–H groups in total. The van der Waals surface area contributed by atoms with Gasteiger partial charge in [-0.25, -0.2) is 9.67 Å². The van der Waals surface area contributed by atoms with E-state index < -0.39 is 0 Å². The van der Waals surface area contributed by atoms with E-state index in [9.17, 15) is 4.79 Å². The zero-order chi connectivity index (χ0) is 15.4. The lowest BCUT2D eigenvalue weighted by Crippen LogP contribution is -2.43. The molecule has 1 atom stereocenters. The van der Waals surface area contributed by atoms with E-state index in [0.29, 0.717) is 26.3 Å². The van der Waals surface area contributed by atoms with Gasteiger partial charge in [-0.2, -0.15) is 5.10 Å². The van der Waals surface area contributed by atoms with Gasteiger partial charge in [0.05, 0.1) is 19.8 Å². The second-order valence-electron chi connectivity index (χ2n) is 5.09. The molecule has 22 heavy (non-hydrogen) atoms. The molecule has 0 aliphatic carbocycles. The summed E-state index contributed by atoms with van der Waals surface area (Å²) < 4.78 is 7.34. The molecule has 1 aromatic carbocycles. The lowest BCUT2D eigenvalue weighted by atomic mass is 10.2. The van der Waals surface area contributed by atoms with Crippen LogP contribution < -0.4 is 0 Å². The van der Waals surface area contributed by atoms with Gasteiger partial charge in [-0.05, 0) is 11.6 Å². The summed E-state index contributed by atoms with van der Waals surface area (Å²) >= 11 is 0. The Balaban J connectivity index is 1.86. The zero-order valence-corrected chi connectivity index (χ0v) is 12.3. The molecule has 1 aliphatic heterocycles. The van der Waals surface area contributed by atoms with Crippen LogP contribution in [0.3, 0.4) is 0 Å². The molecule has 1 fully saturated rings. The largest absolute Gasteiger partial charge is 0.377 e. The minimum atomic E-state index is -0.231. The molecule has 0 saturated carbocycles. The number of ether oxygens (including phenoxy) is 1. The highest BCUT2D eigenvalue weighted by Gasteiger charge is 2.30. The molecule has 0 radical (unpaired) electrons.